The highest BCUT2D eigenvalue weighted by atomic mass is 16.5. The molecule has 0 bridgehead atoms. The predicted octanol–water partition coefficient (Wildman–Crippen LogP) is 4.33. The summed E-state index contributed by atoms with van der Waals surface area (Å²) in [6.45, 7) is 2.93. The van der Waals surface area contributed by atoms with Crippen molar-refractivity contribution in [3.63, 3.8) is 0 Å². The molecule has 2 aromatic rings. The summed E-state index contributed by atoms with van der Waals surface area (Å²) in [4.78, 5) is 0. The zero-order chi connectivity index (χ0) is 16.0. The molecule has 2 aromatic carbocycles. The minimum atomic E-state index is 0.456. The van der Waals surface area contributed by atoms with Crippen molar-refractivity contribution in [1.29, 1.82) is 0 Å². The van der Waals surface area contributed by atoms with E-state index >= 15 is 0 Å². The van der Waals surface area contributed by atoms with Crippen LogP contribution in [0.5, 0.6) is 5.75 Å². The molecule has 0 aromatic heterocycles. The molecule has 2 nitrogen and oxygen atoms in total. The van der Waals surface area contributed by atoms with Gasteiger partial charge in [0.2, 0.25) is 0 Å². The number of quaternary nitrogens is 1. The van der Waals surface area contributed by atoms with Crippen molar-refractivity contribution < 1.29 is 9.22 Å². The molecule has 2 heteroatoms. The Morgan fingerprint density at radius 3 is 1.95 bits per heavy atom. The maximum absolute atomic E-state index is 5.87. The highest BCUT2D eigenvalue weighted by molar-refractivity contribution is 5.69. The largest absolute Gasteiger partial charge is 0.487 e. The van der Waals surface area contributed by atoms with Gasteiger partial charge in [0.1, 0.15) is 18.4 Å². The molecule has 22 heavy (non-hydrogen) atoms. The molecule has 0 heterocycles. The van der Waals surface area contributed by atoms with E-state index in [0.29, 0.717) is 6.04 Å². The molecule has 0 amide bonds. The van der Waals surface area contributed by atoms with Gasteiger partial charge in [-0.1, -0.05) is 54.6 Å². The van der Waals surface area contributed by atoms with Gasteiger partial charge < -0.3 is 9.22 Å². The van der Waals surface area contributed by atoms with Gasteiger partial charge in [-0.05, 0) is 30.2 Å². The summed E-state index contributed by atoms with van der Waals surface area (Å²) in [6, 6.07) is 19.0. The van der Waals surface area contributed by atoms with Crippen molar-refractivity contribution in [3.05, 3.63) is 65.7 Å². The van der Waals surface area contributed by atoms with Gasteiger partial charge in [-0.2, -0.15) is 0 Å². The van der Waals surface area contributed by atoms with E-state index in [1.54, 1.807) is 0 Å². The molecule has 116 valence electrons. The maximum Gasteiger partial charge on any atom is 0.140 e. The zero-order valence-electron chi connectivity index (χ0n) is 14.0. The third kappa shape index (κ3) is 5.05. The third-order valence-corrected chi connectivity index (χ3v) is 3.96. The van der Waals surface area contributed by atoms with Crippen molar-refractivity contribution in [1.82, 2.24) is 0 Å². The molecule has 0 N–H and O–H groups in total. The summed E-state index contributed by atoms with van der Waals surface area (Å²) in [5.41, 5.74) is 2.38. The van der Waals surface area contributed by atoms with E-state index in [2.05, 4.69) is 64.5 Å². The summed E-state index contributed by atoms with van der Waals surface area (Å²) in [5, 5.41) is 0. The van der Waals surface area contributed by atoms with Gasteiger partial charge in [0.05, 0.1) is 21.1 Å². The molecule has 2 rings (SSSR count). The van der Waals surface area contributed by atoms with Gasteiger partial charge in [0, 0.05) is 0 Å². The standard InChI is InChI=1S/C20H26NO/c1-17(21(2,3)4)16-22-20-14-12-19(13-15-20)11-10-18-8-6-5-7-9-18/h5-15,17H,16H2,1-4H3/q+1/b11-10-/t17-/m0/s1. The summed E-state index contributed by atoms with van der Waals surface area (Å²) < 4.78 is 6.77. The zero-order valence-corrected chi connectivity index (χ0v) is 14.0. The van der Waals surface area contributed by atoms with Crippen LogP contribution in [0.2, 0.25) is 0 Å². The van der Waals surface area contributed by atoms with Gasteiger partial charge in [-0.3, -0.25) is 0 Å². The Bertz CT molecular complexity index is 594. The fraction of sp³-hybridized carbons (Fsp3) is 0.300. The number of nitrogens with zero attached hydrogens (tertiary/aromatic N) is 1. The van der Waals surface area contributed by atoms with Gasteiger partial charge in [0.25, 0.3) is 0 Å². The first kappa shape index (κ1) is 16.3. The van der Waals surface area contributed by atoms with Crippen LogP contribution in [-0.2, 0) is 0 Å². The van der Waals surface area contributed by atoms with Gasteiger partial charge in [0.15, 0.2) is 0 Å². The second-order valence-corrected chi connectivity index (χ2v) is 6.59. The minimum Gasteiger partial charge on any atom is -0.487 e. The lowest BCUT2D eigenvalue weighted by Crippen LogP contribution is -2.46. The predicted molar refractivity (Wildman–Crippen MR) is 94.8 cm³/mol. The first-order valence-electron chi connectivity index (χ1n) is 7.72. The van der Waals surface area contributed by atoms with Crippen molar-refractivity contribution in [2.24, 2.45) is 0 Å². The van der Waals surface area contributed by atoms with Gasteiger partial charge >= 0.3 is 0 Å². The van der Waals surface area contributed by atoms with E-state index in [-0.39, 0.29) is 0 Å². The first-order chi connectivity index (χ1) is 10.4. The normalized spacial score (nSPS) is 13.3. The molecule has 0 saturated carbocycles. The first-order valence-corrected chi connectivity index (χ1v) is 7.72. The Morgan fingerprint density at radius 2 is 1.41 bits per heavy atom. The molecule has 0 spiro atoms. The molecule has 0 saturated heterocycles. The Labute approximate surface area is 134 Å². The van der Waals surface area contributed by atoms with Crippen molar-refractivity contribution in [3.8, 4) is 5.75 Å². The van der Waals surface area contributed by atoms with E-state index in [0.717, 1.165) is 16.8 Å². The second-order valence-electron chi connectivity index (χ2n) is 6.59. The van der Waals surface area contributed by atoms with E-state index in [1.807, 2.05) is 30.3 Å². The second kappa shape index (κ2) is 7.28. The maximum atomic E-state index is 5.87. The van der Waals surface area contributed by atoms with Crippen LogP contribution < -0.4 is 4.74 Å². The van der Waals surface area contributed by atoms with Gasteiger partial charge in [-0.25, -0.2) is 0 Å². The number of hydrogen-bond donors (Lipinski definition) is 0. The molecule has 0 aliphatic heterocycles. The number of hydrogen-bond acceptors (Lipinski definition) is 1. The smallest absolute Gasteiger partial charge is 0.140 e. The molecular formula is C20H26NO+. The van der Waals surface area contributed by atoms with E-state index < -0.39 is 0 Å². The lowest BCUT2D eigenvalue weighted by molar-refractivity contribution is -0.894. The molecule has 0 fully saturated rings. The number of benzene rings is 2. The highest BCUT2D eigenvalue weighted by Gasteiger charge is 2.18. The lowest BCUT2D eigenvalue weighted by Gasteiger charge is -2.31. The lowest BCUT2D eigenvalue weighted by atomic mass is 10.1. The van der Waals surface area contributed by atoms with Crippen molar-refractivity contribution >= 4 is 12.2 Å². The Balaban J connectivity index is 1.92. The number of ether oxygens (including phenoxy) is 1. The average Bonchev–Trinajstić information content (AvgIpc) is 2.51. The Kier molecular flexibility index (Phi) is 5.40. The Hall–Kier alpha value is -2.06. The molecule has 0 unspecified atom stereocenters. The van der Waals surface area contributed by atoms with Crippen LogP contribution in [0.3, 0.4) is 0 Å². The van der Waals surface area contributed by atoms with Gasteiger partial charge in [-0.15, -0.1) is 0 Å². The topological polar surface area (TPSA) is 9.23 Å². The molecular weight excluding hydrogens is 270 g/mol. The van der Waals surface area contributed by atoms with Crippen molar-refractivity contribution in [2.75, 3.05) is 27.7 Å². The molecule has 1 atom stereocenters. The SMILES string of the molecule is C[C@@H](COc1ccc(/C=C\c2ccccc2)cc1)[N+](C)(C)C. The van der Waals surface area contributed by atoms with Crippen LogP contribution in [0.25, 0.3) is 12.2 Å². The van der Waals surface area contributed by atoms with Crippen LogP contribution in [0.1, 0.15) is 18.1 Å². The molecule has 0 radical (unpaired) electrons. The fourth-order valence-electron chi connectivity index (χ4n) is 1.87. The summed E-state index contributed by atoms with van der Waals surface area (Å²) in [5.74, 6) is 0.928. The minimum absolute atomic E-state index is 0.456. The summed E-state index contributed by atoms with van der Waals surface area (Å²) in [7, 11) is 6.56. The van der Waals surface area contributed by atoms with Crippen LogP contribution in [-0.4, -0.2) is 38.3 Å². The quantitative estimate of drug-likeness (QED) is 0.569. The summed E-state index contributed by atoms with van der Waals surface area (Å²) >= 11 is 0. The van der Waals surface area contributed by atoms with E-state index in [4.69, 9.17) is 4.74 Å². The van der Waals surface area contributed by atoms with Crippen LogP contribution >= 0.6 is 0 Å². The third-order valence-electron chi connectivity index (χ3n) is 3.96. The van der Waals surface area contributed by atoms with Crippen LogP contribution in [0, 0.1) is 0 Å². The van der Waals surface area contributed by atoms with Crippen molar-refractivity contribution in [2.45, 2.75) is 13.0 Å². The molecule has 0 aliphatic rings. The average molecular weight is 296 g/mol. The number of likely N-dealkylation sites (N-methyl/N-ethyl adjacent to an activating group) is 1. The highest BCUT2D eigenvalue weighted by Crippen LogP contribution is 2.15. The fourth-order valence-corrected chi connectivity index (χ4v) is 1.87. The molecule has 0 aliphatic carbocycles. The number of rotatable bonds is 6. The van der Waals surface area contributed by atoms with E-state index in [1.165, 1.54) is 11.1 Å². The Morgan fingerprint density at radius 1 is 0.864 bits per heavy atom. The monoisotopic (exact) mass is 296 g/mol. The van der Waals surface area contributed by atoms with Crippen LogP contribution in [0.15, 0.2) is 54.6 Å². The van der Waals surface area contributed by atoms with E-state index in [9.17, 15) is 0 Å². The van der Waals surface area contributed by atoms with Crippen LogP contribution in [0.4, 0.5) is 0 Å². The summed E-state index contributed by atoms with van der Waals surface area (Å²) in [6.07, 6.45) is 4.24.